The van der Waals surface area contributed by atoms with Crippen molar-refractivity contribution in [2.45, 2.75) is 18.7 Å². The minimum absolute atomic E-state index is 0.127. The summed E-state index contributed by atoms with van der Waals surface area (Å²) in [5, 5.41) is 0.252. The zero-order valence-electron chi connectivity index (χ0n) is 12.1. The quantitative estimate of drug-likeness (QED) is 0.482. The van der Waals surface area contributed by atoms with Gasteiger partial charge in [0.15, 0.2) is 23.3 Å². The number of hydrogen-bond acceptors (Lipinski definition) is 2. The molecule has 1 N–H and O–H groups in total. The van der Waals surface area contributed by atoms with Crippen LogP contribution < -0.4 is 4.72 Å². The summed E-state index contributed by atoms with van der Waals surface area (Å²) < 4.78 is 92.5. The molecule has 2 aromatic carbocycles. The van der Waals surface area contributed by atoms with E-state index in [4.69, 9.17) is 11.6 Å². The lowest BCUT2D eigenvalue weighted by atomic mass is 10.2. The average Bonchev–Trinajstić information content (AvgIpc) is 2.51. The van der Waals surface area contributed by atoms with Crippen LogP contribution in [0.3, 0.4) is 0 Å². The van der Waals surface area contributed by atoms with Crippen molar-refractivity contribution < 1.29 is 30.4 Å². The van der Waals surface area contributed by atoms with Crippen LogP contribution in [0.5, 0.6) is 0 Å². The molecule has 0 radical (unpaired) electrons. The smallest absolute Gasteiger partial charge is 0.262 e. The van der Waals surface area contributed by atoms with Crippen LogP contribution >= 0.6 is 11.6 Å². The Morgan fingerprint density at radius 2 is 1.29 bits per heavy atom. The van der Waals surface area contributed by atoms with Gasteiger partial charge in [0.25, 0.3) is 10.0 Å². The van der Waals surface area contributed by atoms with E-state index >= 15 is 0 Å². The number of rotatable bonds is 3. The third-order valence-electron chi connectivity index (χ3n) is 3.19. The Balaban J connectivity index is 2.62. The summed E-state index contributed by atoms with van der Waals surface area (Å²) in [6, 6.07) is 2.41. The minimum atomic E-state index is -4.62. The predicted molar refractivity (Wildman–Crippen MR) is 78.0 cm³/mol. The van der Waals surface area contributed by atoms with Gasteiger partial charge in [0.05, 0.1) is 4.90 Å². The van der Waals surface area contributed by atoms with Crippen LogP contribution in [0.4, 0.5) is 27.6 Å². The van der Waals surface area contributed by atoms with E-state index in [2.05, 4.69) is 0 Å². The third kappa shape index (κ3) is 3.05. The van der Waals surface area contributed by atoms with Gasteiger partial charge in [-0.25, -0.2) is 30.4 Å². The molecule has 0 aliphatic heterocycles. The van der Waals surface area contributed by atoms with Gasteiger partial charge in [-0.2, -0.15) is 0 Å². The molecule has 0 atom stereocenters. The molecule has 24 heavy (non-hydrogen) atoms. The molecule has 0 unspecified atom stereocenters. The lowest BCUT2D eigenvalue weighted by molar-refractivity contribution is 0.382. The monoisotopic (exact) mass is 385 g/mol. The van der Waals surface area contributed by atoms with Crippen molar-refractivity contribution in [1.82, 2.24) is 0 Å². The van der Waals surface area contributed by atoms with Gasteiger partial charge in [0, 0.05) is 5.02 Å². The zero-order valence-corrected chi connectivity index (χ0v) is 13.7. The average molecular weight is 386 g/mol. The Morgan fingerprint density at radius 3 is 1.79 bits per heavy atom. The van der Waals surface area contributed by atoms with E-state index in [9.17, 15) is 30.4 Å². The van der Waals surface area contributed by atoms with E-state index < -0.39 is 49.7 Å². The number of sulfonamides is 1. The Kier molecular flexibility index (Phi) is 4.78. The van der Waals surface area contributed by atoms with E-state index in [1.807, 2.05) is 0 Å². The SMILES string of the molecule is Cc1cc(S(=O)(=O)Nc2c(F)c(F)c(F)c(F)c2F)c(C)cc1Cl. The summed E-state index contributed by atoms with van der Waals surface area (Å²) in [5.74, 6) is -11.4. The molecule has 2 aromatic rings. The highest BCUT2D eigenvalue weighted by Crippen LogP contribution is 2.30. The van der Waals surface area contributed by atoms with E-state index in [-0.39, 0.29) is 10.6 Å². The van der Waals surface area contributed by atoms with Gasteiger partial charge in [-0.15, -0.1) is 0 Å². The van der Waals surface area contributed by atoms with Gasteiger partial charge < -0.3 is 0 Å². The van der Waals surface area contributed by atoms with Crippen LogP contribution in [0, 0.1) is 42.9 Å². The standard InChI is InChI=1S/C14H9ClF5NO2S/c1-5-4-8(6(2)3-7(5)15)24(22,23)21-14-12(19)10(17)9(16)11(18)13(14)20/h3-4,21H,1-2H3. The lowest BCUT2D eigenvalue weighted by Crippen LogP contribution is -2.18. The van der Waals surface area contributed by atoms with Crippen molar-refractivity contribution in [2.75, 3.05) is 4.72 Å². The first-order chi connectivity index (χ1) is 11.0. The zero-order chi connectivity index (χ0) is 18.4. The maximum Gasteiger partial charge on any atom is 0.262 e. The molecule has 3 nitrogen and oxygen atoms in total. The number of benzene rings is 2. The molecule has 0 saturated heterocycles. The molecule has 0 aromatic heterocycles. The molecule has 0 amide bonds. The first-order valence-electron chi connectivity index (χ1n) is 6.28. The van der Waals surface area contributed by atoms with Gasteiger partial charge in [-0.05, 0) is 37.1 Å². The molecule has 0 spiro atoms. The lowest BCUT2D eigenvalue weighted by Gasteiger charge is -2.14. The fraction of sp³-hybridized carbons (Fsp3) is 0.143. The summed E-state index contributed by atoms with van der Waals surface area (Å²) in [7, 11) is -4.62. The highest BCUT2D eigenvalue weighted by Gasteiger charge is 2.29. The largest absolute Gasteiger partial charge is 0.274 e. The molecule has 0 bridgehead atoms. The minimum Gasteiger partial charge on any atom is -0.274 e. The van der Waals surface area contributed by atoms with E-state index in [0.29, 0.717) is 5.56 Å². The highest BCUT2D eigenvalue weighted by atomic mass is 35.5. The maximum absolute atomic E-state index is 13.6. The van der Waals surface area contributed by atoms with Crippen LogP contribution in [0.15, 0.2) is 17.0 Å². The molecule has 2 rings (SSSR count). The Bertz CT molecular complexity index is 918. The maximum atomic E-state index is 13.6. The molecule has 0 fully saturated rings. The Labute approximate surface area is 139 Å². The molecule has 0 aliphatic carbocycles. The fourth-order valence-corrected chi connectivity index (χ4v) is 3.52. The highest BCUT2D eigenvalue weighted by molar-refractivity contribution is 7.92. The van der Waals surface area contributed by atoms with Crippen molar-refractivity contribution in [3.63, 3.8) is 0 Å². The first kappa shape index (κ1) is 18.5. The molecular formula is C14H9ClF5NO2S. The predicted octanol–water partition coefficient (Wildman–Crippen LogP) is 4.45. The van der Waals surface area contributed by atoms with Crippen LogP contribution in [0.2, 0.25) is 5.02 Å². The number of aryl methyl sites for hydroxylation is 2. The summed E-state index contributed by atoms with van der Waals surface area (Å²) in [6.07, 6.45) is 0. The fourth-order valence-electron chi connectivity index (χ4n) is 1.93. The van der Waals surface area contributed by atoms with Gasteiger partial charge in [-0.3, -0.25) is 4.72 Å². The van der Waals surface area contributed by atoms with Crippen LogP contribution in [0.1, 0.15) is 11.1 Å². The van der Waals surface area contributed by atoms with E-state index in [1.165, 1.54) is 24.6 Å². The molecule has 130 valence electrons. The van der Waals surface area contributed by atoms with Crippen molar-refractivity contribution in [3.05, 3.63) is 57.4 Å². The summed E-state index contributed by atoms with van der Waals surface area (Å²) in [5.41, 5.74) is -1.18. The second-order valence-corrected chi connectivity index (χ2v) is 6.98. The normalized spacial score (nSPS) is 11.7. The first-order valence-corrected chi connectivity index (χ1v) is 8.14. The molecule has 0 aliphatic rings. The number of halogens is 6. The van der Waals surface area contributed by atoms with Gasteiger partial charge in [-0.1, -0.05) is 11.6 Å². The molecule has 0 saturated carbocycles. The summed E-state index contributed by atoms with van der Waals surface area (Å²) >= 11 is 5.83. The van der Waals surface area contributed by atoms with Gasteiger partial charge in [0.1, 0.15) is 5.69 Å². The number of hydrogen-bond donors (Lipinski definition) is 1. The Hall–Kier alpha value is -1.87. The summed E-state index contributed by atoms with van der Waals surface area (Å²) in [4.78, 5) is -0.409. The van der Waals surface area contributed by atoms with Crippen LogP contribution in [-0.2, 0) is 10.0 Å². The van der Waals surface area contributed by atoms with Crippen molar-refractivity contribution in [3.8, 4) is 0 Å². The molecule has 0 heterocycles. The third-order valence-corrected chi connectivity index (χ3v) is 5.09. The van der Waals surface area contributed by atoms with Crippen molar-refractivity contribution in [2.24, 2.45) is 0 Å². The number of nitrogens with one attached hydrogen (secondary N) is 1. The second-order valence-electron chi connectivity index (χ2n) is 4.92. The van der Waals surface area contributed by atoms with Crippen molar-refractivity contribution >= 4 is 27.3 Å². The summed E-state index contributed by atoms with van der Waals surface area (Å²) in [6.45, 7) is 2.84. The number of anilines is 1. The van der Waals surface area contributed by atoms with Crippen LogP contribution in [-0.4, -0.2) is 8.42 Å². The van der Waals surface area contributed by atoms with Crippen LogP contribution in [0.25, 0.3) is 0 Å². The molecule has 10 heteroatoms. The van der Waals surface area contributed by atoms with Gasteiger partial charge >= 0.3 is 0 Å². The van der Waals surface area contributed by atoms with Crippen molar-refractivity contribution in [1.29, 1.82) is 0 Å². The molecular weight excluding hydrogens is 377 g/mol. The topological polar surface area (TPSA) is 46.2 Å². The second kappa shape index (κ2) is 6.21. The Morgan fingerprint density at radius 1 is 0.833 bits per heavy atom. The van der Waals surface area contributed by atoms with Gasteiger partial charge in [0.2, 0.25) is 5.82 Å². The van der Waals surface area contributed by atoms with E-state index in [0.717, 1.165) is 6.07 Å². The van der Waals surface area contributed by atoms with E-state index in [1.54, 1.807) is 0 Å².